The minimum atomic E-state index is -3.48. The molecule has 0 radical (unpaired) electrons. The molecule has 0 aromatic heterocycles. The van der Waals surface area contributed by atoms with Crippen LogP contribution < -0.4 is 9.62 Å². The van der Waals surface area contributed by atoms with E-state index in [2.05, 4.69) is 5.32 Å². The second kappa shape index (κ2) is 10.5. The number of hydrogen-bond donors (Lipinski definition) is 1. The Morgan fingerprint density at radius 2 is 1.53 bits per heavy atom. The average Bonchev–Trinajstić information content (AvgIpc) is 2.67. The van der Waals surface area contributed by atoms with Crippen LogP contribution in [0.1, 0.15) is 48.9 Å². The number of amides is 1. The standard InChI is InChI=1S/C23H32N2O5S2/c1-6-22(19-9-11-21(12-10-19)31(4,27)28)24-23(26)8-7-13-25(32(5,29)30)20-15-17(2)14-18(3)16-20/h9-12,14-16,22H,6-8,13H2,1-5H3,(H,24,26). The molecule has 7 nitrogen and oxygen atoms in total. The predicted octanol–water partition coefficient (Wildman–Crippen LogP) is 3.52. The van der Waals surface area contributed by atoms with Gasteiger partial charge in [-0.2, -0.15) is 0 Å². The summed E-state index contributed by atoms with van der Waals surface area (Å²) < 4.78 is 49.2. The van der Waals surface area contributed by atoms with Gasteiger partial charge in [-0.3, -0.25) is 9.10 Å². The monoisotopic (exact) mass is 480 g/mol. The molecule has 0 spiro atoms. The van der Waals surface area contributed by atoms with Crippen molar-refractivity contribution < 1.29 is 21.6 Å². The SMILES string of the molecule is CCC(NC(=O)CCCN(c1cc(C)cc(C)c1)S(C)(=O)=O)c1ccc(S(C)(=O)=O)cc1. The highest BCUT2D eigenvalue weighted by atomic mass is 32.2. The first-order valence-electron chi connectivity index (χ1n) is 10.5. The summed E-state index contributed by atoms with van der Waals surface area (Å²) in [5, 5.41) is 2.96. The second-order valence-electron chi connectivity index (χ2n) is 8.15. The fraction of sp³-hybridized carbons (Fsp3) is 0.435. The Labute approximate surface area is 191 Å². The molecular weight excluding hydrogens is 448 g/mol. The van der Waals surface area contributed by atoms with Gasteiger partial charge in [-0.05, 0) is 67.6 Å². The summed E-state index contributed by atoms with van der Waals surface area (Å²) in [4.78, 5) is 12.7. The molecule has 176 valence electrons. The Kier molecular flexibility index (Phi) is 8.47. The molecule has 32 heavy (non-hydrogen) atoms. The van der Waals surface area contributed by atoms with Gasteiger partial charge in [-0.15, -0.1) is 0 Å². The maximum atomic E-state index is 12.5. The van der Waals surface area contributed by atoms with Crippen LogP contribution in [0.2, 0.25) is 0 Å². The zero-order valence-corrected chi connectivity index (χ0v) is 20.9. The minimum Gasteiger partial charge on any atom is -0.349 e. The number of carbonyl (C=O) groups is 1. The molecular formula is C23H32N2O5S2. The van der Waals surface area contributed by atoms with Crippen LogP contribution in [-0.4, -0.2) is 41.8 Å². The van der Waals surface area contributed by atoms with Gasteiger partial charge in [0.2, 0.25) is 15.9 Å². The summed E-state index contributed by atoms with van der Waals surface area (Å²) >= 11 is 0. The number of aryl methyl sites for hydroxylation is 2. The van der Waals surface area contributed by atoms with Crippen LogP contribution in [0.25, 0.3) is 0 Å². The normalized spacial score (nSPS) is 12.9. The van der Waals surface area contributed by atoms with E-state index in [1.54, 1.807) is 12.1 Å². The molecule has 2 rings (SSSR count). The quantitative estimate of drug-likeness (QED) is 0.561. The van der Waals surface area contributed by atoms with E-state index in [1.165, 1.54) is 16.4 Å². The molecule has 1 N–H and O–H groups in total. The van der Waals surface area contributed by atoms with E-state index in [9.17, 15) is 21.6 Å². The Bertz CT molecular complexity index is 1140. The number of anilines is 1. The van der Waals surface area contributed by atoms with E-state index in [0.29, 0.717) is 18.5 Å². The van der Waals surface area contributed by atoms with Crippen molar-refractivity contribution in [3.8, 4) is 0 Å². The number of sulfone groups is 1. The van der Waals surface area contributed by atoms with Gasteiger partial charge in [-0.25, -0.2) is 16.8 Å². The topological polar surface area (TPSA) is 101 Å². The van der Waals surface area contributed by atoms with Gasteiger partial charge in [0.1, 0.15) is 0 Å². The number of rotatable bonds is 10. The van der Waals surface area contributed by atoms with E-state index in [4.69, 9.17) is 0 Å². The van der Waals surface area contributed by atoms with E-state index < -0.39 is 19.9 Å². The maximum absolute atomic E-state index is 12.5. The molecule has 0 aliphatic rings. The van der Waals surface area contributed by atoms with Gasteiger partial charge in [0.15, 0.2) is 9.84 Å². The van der Waals surface area contributed by atoms with Crippen molar-refractivity contribution in [2.24, 2.45) is 0 Å². The second-order valence-corrected chi connectivity index (χ2v) is 12.1. The molecule has 1 amide bonds. The Hall–Kier alpha value is -2.39. The van der Waals surface area contributed by atoms with Gasteiger partial charge in [-0.1, -0.05) is 25.1 Å². The summed E-state index contributed by atoms with van der Waals surface area (Å²) in [5.41, 5.74) is 3.36. The number of hydrogen-bond acceptors (Lipinski definition) is 5. The van der Waals surface area contributed by atoms with Crippen molar-refractivity contribution in [1.82, 2.24) is 5.32 Å². The van der Waals surface area contributed by atoms with E-state index >= 15 is 0 Å². The highest BCUT2D eigenvalue weighted by Crippen LogP contribution is 2.22. The molecule has 0 bridgehead atoms. The first-order valence-corrected chi connectivity index (χ1v) is 14.2. The first kappa shape index (κ1) is 25.9. The van der Waals surface area contributed by atoms with E-state index in [-0.39, 0.29) is 29.8 Å². The highest BCUT2D eigenvalue weighted by Gasteiger charge is 2.19. The van der Waals surface area contributed by atoms with Crippen LogP contribution in [0.4, 0.5) is 5.69 Å². The van der Waals surface area contributed by atoms with Crippen molar-refractivity contribution in [3.05, 3.63) is 59.2 Å². The van der Waals surface area contributed by atoms with Crippen LogP contribution >= 0.6 is 0 Å². The fourth-order valence-electron chi connectivity index (χ4n) is 3.60. The number of sulfonamides is 1. The van der Waals surface area contributed by atoms with Gasteiger partial charge >= 0.3 is 0 Å². The van der Waals surface area contributed by atoms with Crippen molar-refractivity contribution in [1.29, 1.82) is 0 Å². The lowest BCUT2D eigenvalue weighted by Crippen LogP contribution is -2.33. The first-order chi connectivity index (χ1) is 14.8. The number of nitrogens with one attached hydrogen (secondary N) is 1. The van der Waals surface area contributed by atoms with E-state index in [0.717, 1.165) is 29.2 Å². The zero-order valence-electron chi connectivity index (χ0n) is 19.3. The van der Waals surface area contributed by atoms with Crippen molar-refractivity contribution in [2.75, 3.05) is 23.4 Å². The molecule has 2 aromatic carbocycles. The van der Waals surface area contributed by atoms with Crippen molar-refractivity contribution >= 4 is 31.5 Å². The van der Waals surface area contributed by atoms with Gasteiger partial charge in [0.25, 0.3) is 0 Å². The molecule has 9 heteroatoms. The van der Waals surface area contributed by atoms with Gasteiger partial charge in [0.05, 0.1) is 22.9 Å². The predicted molar refractivity (Wildman–Crippen MR) is 128 cm³/mol. The zero-order chi connectivity index (χ0) is 24.1. The smallest absolute Gasteiger partial charge is 0.232 e. The Morgan fingerprint density at radius 3 is 2.00 bits per heavy atom. The van der Waals surface area contributed by atoms with Gasteiger partial charge < -0.3 is 5.32 Å². The highest BCUT2D eigenvalue weighted by molar-refractivity contribution is 7.92. The number of carbonyl (C=O) groups excluding carboxylic acids is 1. The average molecular weight is 481 g/mol. The summed E-state index contributed by atoms with van der Waals surface area (Å²) in [7, 11) is -6.76. The lowest BCUT2D eigenvalue weighted by atomic mass is 10.0. The summed E-state index contributed by atoms with van der Waals surface area (Å²) in [5.74, 6) is -0.182. The van der Waals surface area contributed by atoms with E-state index in [1.807, 2.05) is 39.0 Å². The van der Waals surface area contributed by atoms with Crippen molar-refractivity contribution in [2.45, 2.75) is 51.0 Å². The third-order valence-electron chi connectivity index (χ3n) is 5.11. The summed E-state index contributed by atoms with van der Waals surface area (Å²) in [6, 6.07) is 11.8. The minimum absolute atomic E-state index is 0.175. The van der Waals surface area contributed by atoms with Crippen LogP contribution in [0, 0.1) is 13.8 Å². The third-order valence-corrected chi connectivity index (χ3v) is 7.44. The molecule has 1 atom stereocenters. The summed E-state index contributed by atoms with van der Waals surface area (Å²) in [6.07, 6.45) is 3.50. The van der Waals surface area contributed by atoms with Crippen LogP contribution in [0.3, 0.4) is 0 Å². The van der Waals surface area contributed by atoms with Crippen molar-refractivity contribution in [3.63, 3.8) is 0 Å². The molecule has 1 unspecified atom stereocenters. The fourth-order valence-corrected chi connectivity index (χ4v) is 5.18. The number of benzene rings is 2. The molecule has 0 saturated carbocycles. The molecule has 0 aliphatic carbocycles. The lowest BCUT2D eigenvalue weighted by Gasteiger charge is -2.23. The summed E-state index contributed by atoms with van der Waals surface area (Å²) in [6.45, 7) is 5.96. The van der Waals surface area contributed by atoms with Gasteiger partial charge in [0, 0.05) is 19.2 Å². The van der Waals surface area contributed by atoms with Crippen LogP contribution in [0.5, 0.6) is 0 Å². The maximum Gasteiger partial charge on any atom is 0.232 e. The molecule has 0 aliphatic heterocycles. The molecule has 0 fully saturated rings. The molecule has 2 aromatic rings. The largest absolute Gasteiger partial charge is 0.349 e. The van der Waals surface area contributed by atoms with Crippen LogP contribution in [0.15, 0.2) is 47.4 Å². The number of nitrogens with zero attached hydrogens (tertiary/aromatic N) is 1. The Morgan fingerprint density at radius 1 is 0.969 bits per heavy atom. The third kappa shape index (κ3) is 7.34. The lowest BCUT2D eigenvalue weighted by molar-refractivity contribution is -0.121. The molecule has 0 saturated heterocycles. The molecule has 0 heterocycles. The van der Waals surface area contributed by atoms with Crippen LogP contribution in [-0.2, 0) is 24.7 Å². The Balaban J connectivity index is 2.02.